The van der Waals surface area contributed by atoms with Gasteiger partial charge in [0.05, 0.1) is 11.1 Å². The molecule has 4 aromatic rings. The lowest BCUT2D eigenvalue weighted by atomic mass is 9.70. The van der Waals surface area contributed by atoms with Crippen molar-refractivity contribution in [1.82, 2.24) is 0 Å². The third-order valence-electron chi connectivity index (χ3n) is 11.8. The zero-order chi connectivity index (χ0) is 37.9. The zero-order valence-corrected chi connectivity index (χ0v) is 30.7. The predicted molar refractivity (Wildman–Crippen MR) is 200 cm³/mol. The molecule has 2 aromatic carbocycles. The van der Waals surface area contributed by atoms with E-state index in [1.165, 1.54) is 46.0 Å². The summed E-state index contributed by atoms with van der Waals surface area (Å²) in [4.78, 5) is 55.9. The number of carbonyl (C=O) groups is 4. The van der Waals surface area contributed by atoms with Gasteiger partial charge in [0, 0.05) is 64.4 Å². The molecule has 10 rings (SSSR count). The van der Waals surface area contributed by atoms with Crippen LogP contribution in [-0.2, 0) is 10.8 Å². The topological polar surface area (TPSA) is 68.3 Å². The van der Waals surface area contributed by atoms with E-state index in [9.17, 15) is 36.7 Å². The molecule has 2 aromatic heterocycles. The highest BCUT2D eigenvalue weighted by Crippen LogP contribution is 2.60. The predicted octanol–water partition coefficient (Wildman–Crippen LogP) is 10.5. The van der Waals surface area contributed by atoms with Gasteiger partial charge < -0.3 is 0 Å². The first-order valence-electron chi connectivity index (χ1n) is 17.3. The number of rotatable bonds is 2. The first-order chi connectivity index (χ1) is 25.5. The van der Waals surface area contributed by atoms with E-state index in [1.54, 1.807) is 0 Å². The van der Waals surface area contributed by atoms with Gasteiger partial charge in [-0.15, -0.1) is 22.7 Å². The number of fused-ring (bicyclic) bond motifs is 9. The van der Waals surface area contributed by atoms with Crippen LogP contribution in [-0.4, -0.2) is 23.1 Å². The van der Waals surface area contributed by atoms with E-state index >= 15 is 0 Å². The van der Waals surface area contributed by atoms with Crippen molar-refractivity contribution in [3.63, 3.8) is 0 Å². The molecule has 6 aliphatic carbocycles. The summed E-state index contributed by atoms with van der Waals surface area (Å²) in [6.07, 6.45) is 12.3. The van der Waals surface area contributed by atoms with E-state index in [2.05, 4.69) is 52.0 Å². The van der Waals surface area contributed by atoms with Crippen LogP contribution in [0.15, 0.2) is 83.0 Å². The van der Waals surface area contributed by atoms with Gasteiger partial charge in [0.1, 0.15) is 0 Å². The number of hydrogen-bond acceptors (Lipinski definition) is 6. The molecule has 4 nitrogen and oxygen atoms in total. The van der Waals surface area contributed by atoms with Crippen molar-refractivity contribution in [3.8, 4) is 0 Å². The number of allylic oxidation sites excluding steroid dienone is 10. The highest BCUT2D eigenvalue weighted by atomic mass is 32.1. The molecule has 0 saturated heterocycles. The number of benzene rings is 2. The molecule has 10 heteroatoms. The van der Waals surface area contributed by atoms with Gasteiger partial charge in [0.25, 0.3) is 0 Å². The van der Waals surface area contributed by atoms with Crippen LogP contribution in [0.2, 0.25) is 0 Å². The SMILES string of the molecule is CC1(C)C2=CC3C=C4C(=CC3C=C2c2sc(C=C3C(=O)c5cc(F)c(F)cc5C3=O)cc21)C(C)(C)c1cc(C=C2C(=O)c3cc(F)c(F)cc3C2=O)sc14. The fourth-order valence-electron chi connectivity index (χ4n) is 8.92. The molecule has 0 spiro atoms. The van der Waals surface area contributed by atoms with Crippen LogP contribution < -0.4 is 0 Å². The Kier molecular flexibility index (Phi) is 6.57. The average Bonchev–Trinajstić information content (AvgIpc) is 3.92. The Hall–Kier alpha value is -5.32. The maximum Gasteiger partial charge on any atom is 0.197 e. The van der Waals surface area contributed by atoms with Crippen LogP contribution in [0.1, 0.15) is 99.8 Å². The second-order valence-electron chi connectivity index (χ2n) is 15.6. The standard InChI is InChI=1S/C44H26F4O4S2/c1-43(2)29-7-17-6-26-30(44(3,4)32-12-20(54-42(26)32)10-28-39(51)23-15-35(47)36(48)16-24(23)40(28)52)8-18(17)5-25(29)41-31(43)11-19(53-41)9-27-37(49)21-13-33(45)34(46)14-22(21)38(27)50/h5-18H,1-4H3. The van der Waals surface area contributed by atoms with Crippen LogP contribution in [0.25, 0.3) is 23.3 Å². The molecule has 6 aliphatic rings. The molecular weight excluding hydrogens is 733 g/mol. The summed E-state index contributed by atoms with van der Waals surface area (Å²) < 4.78 is 55.7. The number of thiophene rings is 2. The number of ketones is 4. The van der Waals surface area contributed by atoms with E-state index < -0.39 is 46.4 Å². The molecule has 0 amide bonds. The van der Waals surface area contributed by atoms with Crippen molar-refractivity contribution in [2.45, 2.75) is 38.5 Å². The fourth-order valence-corrected chi connectivity index (χ4v) is 11.5. The molecular formula is C44H26F4O4S2. The molecule has 0 N–H and O–H groups in total. The Morgan fingerprint density at radius 3 is 1.13 bits per heavy atom. The largest absolute Gasteiger partial charge is 0.288 e. The Bertz CT molecular complexity index is 2520. The van der Waals surface area contributed by atoms with Crippen LogP contribution in [0.5, 0.6) is 0 Å². The minimum Gasteiger partial charge on any atom is -0.288 e. The Labute approximate surface area is 314 Å². The smallest absolute Gasteiger partial charge is 0.197 e. The van der Waals surface area contributed by atoms with Gasteiger partial charge in [0.15, 0.2) is 46.4 Å². The van der Waals surface area contributed by atoms with Crippen LogP contribution in [0.3, 0.4) is 0 Å². The summed E-state index contributed by atoms with van der Waals surface area (Å²) in [7, 11) is 0. The van der Waals surface area contributed by atoms with Crippen LogP contribution in [0.4, 0.5) is 17.6 Å². The highest BCUT2D eigenvalue weighted by molar-refractivity contribution is 7.15. The number of hydrogen-bond donors (Lipinski definition) is 0. The Morgan fingerprint density at radius 1 is 0.500 bits per heavy atom. The molecule has 2 unspecified atom stereocenters. The van der Waals surface area contributed by atoms with E-state index in [0.29, 0.717) is 9.75 Å². The second kappa shape index (κ2) is 10.7. The van der Waals surface area contributed by atoms with Gasteiger partial charge in [-0.1, -0.05) is 52.0 Å². The lowest BCUT2D eigenvalue weighted by Gasteiger charge is -2.33. The molecule has 0 fully saturated rings. The monoisotopic (exact) mass is 758 g/mol. The summed E-state index contributed by atoms with van der Waals surface area (Å²) >= 11 is 2.97. The van der Waals surface area contributed by atoms with Gasteiger partial charge in [-0.05, 0) is 82.0 Å². The third-order valence-corrected chi connectivity index (χ3v) is 14.0. The van der Waals surface area contributed by atoms with Gasteiger partial charge in [-0.3, -0.25) is 19.2 Å². The van der Waals surface area contributed by atoms with Crippen LogP contribution >= 0.6 is 22.7 Å². The Balaban J connectivity index is 0.981. The molecule has 0 bridgehead atoms. The lowest BCUT2D eigenvalue weighted by Crippen LogP contribution is -2.24. The lowest BCUT2D eigenvalue weighted by molar-refractivity contribution is 0.0975. The summed E-state index contributed by atoms with van der Waals surface area (Å²) in [5.74, 6) is -7.03. The average molecular weight is 759 g/mol. The first-order valence-corrected chi connectivity index (χ1v) is 19.0. The normalized spacial score (nSPS) is 22.1. The summed E-state index contributed by atoms with van der Waals surface area (Å²) in [6, 6.07) is 7.15. The molecule has 2 heterocycles. The van der Waals surface area contributed by atoms with Crippen molar-refractivity contribution in [2.24, 2.45) is 11.8 Å². The van der Waals surface area contributed by atoms with Gasteiger partial charge in [-0.2, -0.15) is 0 Å². The van der Waals surface area contributed by atoms with Gasteiger partial charge in [-0.25, -0.2) is 17.6 Å². The van der Waals surface area contributed by atoms with Gasteiger partial charge >= 0.3 is 0 Å². The number of Topliss-reactive ketones (excluding diaryl/α,β-unsaturated/α-hetero) is 4. The summed E-state index contributed by atoms with van der Waals surface area (Å²) in [5, 5.41) is 0. The Morgan fingerprint density at radius 2 is 0.815 bits per heavy atom. The number of carbonyl (C=O) groups excluding carboxylic acids is 4. The molecule has 2 atom stereocenters. The van der Waals surface area contributed by atoms with Crippen molar-refractivity contribution < 1.29 is 36.7 Å². The van der Waals surface area contributed by atoms with Gasteiger partial charge in [0.2, 0.25) is 0 Å². The maximum atomic E-state index is 13.9. The van der Waals surface area contributed by atoms with Crippen molar-refractivity contribution in [3.05, 3.63) is 159 Å². The zero-order valence-electron chi connectivity index (χ0n) is 29.0. The molecule has 0 aliphatic heterocycles. The van der Waals surface area contributed by atoms with Crippen LogP contribution in [0, 0.1) is 35.1 Å². The molecule has 0 saturated carbocycles. The second-order valence-corrected chi connectivity index (χ2v) is 17.7. The quantitative estimate of drug-likeness (QED) is 0.116. The van der Waals surface area contributed by atoms with E-state index in [1.807, 2.05) is 12.1 Å². The first kappa shape index (κ1) is 33.3. The maximum absolute atomic E-state index is 13.9. The van der Waals surface area contributed by atoms with E-state index in [4.69, 9.17) is 0 Å². The van der Waals surface area contributed by atoms with Crippen molar-refractivity contribution >= 4 is 69.1 Å². The summed E-state index contributed by atoms with van der Waals surface area (Å²) in [6.45, 7) is 8.59. The molecule has 54 heavy (non-hydrogen) atoms. The third kappa shape index (κ3) is 4.29. The summed E-state index contributed by atoms with van der Waals surface area (Å²) in [5.41, 5.74) is 5.25. The minimum atomic E-state index is -1.17. The van der Waals surface area contributed by atoms with Crippen molar-refractivity contribution in [1.29, 1.82) is 0 Å². The molecule has 0 radical (unpaired) electrons. The van der Waals surface area contributed by atoms with Crippen molar-refractivity contribution in [2.75, 3.05) is 0 Å². The number of halogens is 4. The highest BCUT2D eigenvalue weighted by Gasteiger charge is 2.47. The minimum absolute atomic E-state index is 0.0633. The van der Waals surface area contributed by atoms with E-state index in [-0.39, 0.29) is 56.1 Å². The fraction of sp³-hybridized carbons (Fsp3) is 0.182. The van der Waals surface area contributed by atoms with E-state index in [0.717, 1.165) is 56.3 Å². The molecule has 266 valence electrons.